The van der Waals surface area contributed by atoms with E-state index in [4.69, 9.17) is 0 Å². The van der Waals surface area contributed by atoms with E-state index < -0.39 is 0 Å². The van der Waals surface area contributed by atoms with Crippen LogP contribution in [0.15, 0.2) is 24.3 Å². The minimum Gasteiger partial charge on any atom is -0.310 e. The lowest BCUT2D eigenvalue weighted by atomic mass is 10.1. The maximum absolute atomic E-state index is 13.5. The molecule has 0 bridgehead atoms. The van der Waals surface area contributed by atoms with Crippen molar-refractivity contribution in [1.29, 1.82) is 0 Å². The first kappa shape index (κ1) is 12.1. The van der Waals surface area contributed by atoms with Crippen molar-refractivity contribution in [2.24, 2.45) is 0 Å². The Kier molecular flexibility index (Phi) is 3.62. The molecule has 1 unspecified atom stereocenters. The zero-order valence-electron chi connectivity index (χ0n) is 10.7. The highest BCUT2D eigenvalue weighted by atomic mass is 19.1. The Bertz CT molecular complexity index is 403. The lowest BCUT2D eigenvalue weighted by molar-refractivity contribution is 0.330. The predicted octanol–water partition coefficient (Wildman–Crippen LogP) is 2.19. The van der Waals surface area contributed by atoms with Gasteiger partial charge in [0, 0.05) is 25.2 Å². The van der Waals surface area contributed by atoms with Crippen LogP contribution in [-0.2, 0) is 6.42 Å². The van der Waals surface area contributed by atoms with Crippen LogP contribution in [0.2, 0.25) is 0 Å². The van der Waals surface area contributed by atoms with Crippen molar-refractivity contribution in [1.82, 2.24) is 10.2 Å². The van der Waals surface area contributed by atoms with E-state index in [2.05, 4.69) is 10.2 Å². The van der Waals surface area contributed by atoms with Crippen molar-refractivity contribution in [3.8, 4) is 0 Å². The monoisotopic (exact) mass is 248 g/mol. The van der Waals surface area contributed by atoms with Gasteiger partial charge < -0.3 is 10.2 Å². The first-order chi connectivity index (χ1) is 8.81. The van der Waals surface area contributed by atoms with Crippen LogP contribution in [0.4, 0.5) is 4.39 Å². The smallest absolute Gasteiger partial charge is 0.126 e. The lowest BCUT2D eigenvalue weighted by Crippen LogP contribution is -2.34. The quantitative estimate of drug-likeness (QED) is 0.859. The number of benzene rings is 1. The molecule has 0 aromatic heterocycles. The Morgan fingerprint density at radius 2 is 2.00 bits per heavy atom. The van der Waals surface area contributed by atoms with Crippen molar-refractivity contribution < 1.29 is 4.39 Å². The van der Waals surface area contributed by atoms with Gasteiger partial charge in [-0.3, -0.25) is 0 Å². The molecule has 1 saturated heterocycles. The molecule has 1 N–H and O–H groups in total. The molecule has 3 heteroatoms. The minimum absolute atomic E-state index is 0.0654. The zero-order valence-corrected chi connectivity index (χ0v) is 10.7. The Morgan fingerprint density at radius 3 is 2.78 bits per heavy atom. The molecule has 3 rings (SSSR count). The SMILES string of the molecule is Fc1ccccc1CCN1CCC(NC2CC2)C1. The van der Waals surface area contributed by atoms with E-state index in [0.717, 1.165) is 37.7 Å². The van der Waals surface area contributed by atoms with E-state index in [-0.39, 0.29) is 5.82 Å². The van der Waals surface area contributed by atoms with Crippen LogP contribution in [0.25, 0.3) is 0 Å². The highest BCUT2D eigenvalue weighted by Gasteiger charge is 2.28. The fourth-order valence-electron chi connectivity index (χ4n) is 2.73. The van der Waals surface area contributed by atoms with E-state index in [1.54, 1.807) is 12.1 Å². The van der Waals surface area contributed by atoms with Crippen molar-refractivity contribution >= 4 is 0 Å². The topological polar surface area (TPSA) is 15.3 Å². The summed E-state index contributed by atoms with van der Waals surface area (Å²) in [6.45, 7) is 3.26. The van der Waals surface area contributed by atoms with Gasteiger partial charge in [0.15, 0.2) is 0 Å². The number of hydrogen-bond donors (Lipinski definition) is 1. The van der Waals surface area contributed by atoms with Crippen molar-refractivity contribution in [2.45, 2.75) is 37.8 Å². The van der Waals surface area contributed by atoms with Gasteiger partial charge in [-0.2, -0.15) is 0 Å². The molecule has 1 heterocycles. The molecule has 2 fully saturated rings. The molecule has 0 amide bonds. The number of halogens is 1. The number of nitrogens with zero attached hydrogens (tertiary/aromatic N) is 1. The van der Waals surface area contributed by atoms with Gasteiger partial charge in [0.05, 0.1) is 0 Å². The molecule has 18 heavy (non-hydrogen) atoms. The Labute approximate surface area is 108 Å². The fourth-order valence-corrected chi connectivity index (χ4v) is 2.73. The highest BCUT2D eigenvalue weighted by molar-refractivity contribution is 5.17. The van der Waals surface area contributed by atoms with Crippen LogP contribution in [0.3, 0.4) is 0 Å². The van der Waals surface area contributed by atoms with E-state index >= 15 is 0 Å². The van der Waals surface area contributed by atoms with Crippen LogP contribution in [-0.4, -0.2) is 36.6 Å². The van der Waals surface area contributed by atoms with Crippen LogP contribution in [0.5, 0.6) is 0 Å². The first-order valence-electron chi connectivity index (χ1n) is 7.03. The third-order valence-electron chi connectivity index (χ3n) is 3.98. The summed E-state index contributed by atoms with van der Waals surface area (Å²) in [5.74, 6) is -0.0654. The summed E-state index contributed by atoms with van der Waals surface area (Å²) in [6.07, 6.45) is 4.77. The average molecular weight is 248 g/mol. The third-order valence-corrected chi connectivity index (χ3v) is 3.98. The van der Waals surface area contributed by atoms with Gasteiger partial charge in [-0.05, 0) is 43.9 Å². The molecule has 1 atom stereocenters. The van der Waals surface area contributed by atoms with Crippen molar-refractivity contribution in [2.75, 3.05) is 19.6 Å². The Balaban J connectivity index is 1.45. The zero-order chi connectivity index (χ0) is 12.4. The van der Waals surface area contributed by atoms with Gasteiger partial charge in [-0.15, -0.1) is 0 Å². The molecular formula is C15H21FN2. The number of likely N-dealkylation sites (tertiary alicyclic amines) is 1. The molecule has 1 saturated carbocycles. The van der Waals surface area contributed by atoms with Crippen LogP contribution >= 0.6 is 0 Å². The third kappa shape index (κ3) is 3.09. The van der Waals surface area contributed by atoms with Gasteiger partial charge in [-0.25, -0.2) is 4.39 Å². The molecule has 1 aromatic rings. The van der Waals surface area contributed by atoms with E-state index in [9.17, 15) is 4.39 Å². The molecule has 1 aliphatic heterocycles. The second-order valence-electron chi connectivity index (χ2n) is 5.57. The van der Waals surface area contributed by atoms with E-state index in [0.29, 0.717) is 6.04 Å². The largest absolute Gasteiger partial charge is 0.310 e. The summed E-state index contributed by atoms with van der Waals surface area (Å²) >= 11 is 0. The first-order valence-corrected chi connectivity index (χ1v) is 7.03. The summed E-state index contributed by atoms with van der Waals surface area (Å²) in [4.78, 5) is 2.45. The predicted molar refractivity (Wildman–Crippen MR) is 71.1 cm³/mol. The number of hydrogen-bond acceptors (Lipinski definition) is 2. The molecule has 0 radical (unpaired) electrons. The molecule has 2 nitrogen and oxygen atoms in total. The van der Waals surface area contributed by atoms with Gasteiger partial charge in [0.1, 0.15) is 5.82 Å². The standard InChI is InChI=1S/C15H21FN2/c16-15-4-2-1-3-12(15)7-9-18-10-8-14(11-18)17-13-5-6-13/h1-4,13-14,17H,5-11H2. The van der Waals surface area contributed by atoms with Crippen LogP contribution < -0.4 is 5.32 Å². The fraction of sp³-hybridized carbons (Fsp3) is 0.600. The molecule has 98 valence electrons. The Morgan fingerprint density at radius 1 is 1.17 bits per heavy atom. The minimum atomic E-state index is -0.0654. The summed E-state index contributed by atoms with van der Waals surface area (Å²) in [5.41, 5.74) is 0.844. The molecule has 2 aliphatic rings. The number of rotatable bonds is 5. The molecule has 0 spiro atoms. The van der Waals surface area contributed by atoms with E-state index in [1.165, 1.54) is 19.3 Å². The van der Waals surface area contributed by atoms with Gasteiger partial charge in [0.25, 0.3) is 0 Å². The van der Waals surface area contributed by atoms with Crippen LogP contribution in [0.1, 0.15) is 24.8 Å². The lowest BCUT2D eigenvalue weighted by Gasteiger charge is -2.16. The average Bonchev–Trinajstić information content (AvgIpc) is 3.06. The second kappa shape index (κ2) is 5.37. The number of nitrogens with one attached hydrogen (secondary N) is 1. The summed E-state index contributed by atoms with van der Waals surface area (Å²) in [6, 6.07) is 8.58. The highest BCUT2D eigenvalue weighted by Crippen LogP contribution is 2.22. The summed E-state index contributed by atoms with van der Waals surface area (Å²) in [5, 5.41) is 3.68. The summed E-state index contributed by atoms with van der Waals surface area (Å²) < 4.78 is 13.5. The van der Waals surface area contributed by atoms with Crippen molar-refractivity contribution in [3.63, 3.8) is 0 Å². The van der Waals surface area contributed by atoms with Crippen molar-refractivity contribution in [3.05, 3.63) is 35.6 Å². The molecule has 1 aromatic carbocycles. The van der Waals surface area contributed by atoms with Gasteiger partial charge in [-0.1, -0.05) is 18.2 Å². The Hall–Kier alpha value is -0.930. The maximum Gasteiger partial charge on any atom is 0.126 e. The summed E-state index contributed by atoms with van der Waals surface area (Å²) in [7, 11) is 0. The van der Waals surface area contributed by atoms with Crippen LogP contribution in [0, 0.1) is 5.82 Å². The molecular weight excluding hydrogens is 227 g/mol. The maximum atomic E-state index is 13.5. The van der Waals surface area contributed by atoms with Gasteiger partial charge in [0.2, 0.25) is 0 Å². The van der Waals surface area contributed by atoms with Gasteiger partial charge >= 0.3 is 0 Å². The molecule has 1 aliphatic carbocycles. The second-order valence-corrected chi connectivity index (χ2v) is 5.57. The normalized spacial score (nSPS) is 24.6. The van der Waals surface area contributed by atoms with E-state index in [1.807, 2.05) is 12.1 Å².